The third-order valence-corrected chi connectivity index (χ3v) is 3.39. The van der Waals surface area contributed by atoms with E-state index in [9.17, 15) is 14.0 Å². The molecule has 5 nitrogen and oxygen atoms in total. The van der Waals surface area contributed by atoms with Gasteiger partial charge in [0, 0.05) is 24.1 Å². The molecular formula is C19H15FN2O3. The first kappa shape index (κ1) is 16.4. The fraction of sp³-hybridized carbons (Fsp3) is 0.0526. The van der Waals surface area contributed by atoms with E-state index in [2.05, 4.69) is 10.6 Å². The van der Waals surface area contributed by atoms with Crippen LogP contribution in [0.3, 0.4) is 0 Å². The maximum atomic E-state index is 13.6. The molecule has 3 aromatic rings. The van der Waals surface area contributed by atoms with Crippen molar-refractivity contribution in [2.75, 3.05) is 10.6 Å². The number of carbonyl (C=O) groups is 2. The van der Waals surface area contributed by atoms with Crippen LogP contribution in [0.2, 0.25) is 0 Å². The van der Waals surface area contributed by atoms with Crippen LogP contribution in [-0.4, -0.2) is 11.8 Å². The Balaban J connectivity index is 1.70. The lowest BCUT2D eigenvalue weighted by atomic mass is 10.2. The molecule has 0 atom stereocenters. The van der Waals surface area contributed by atoms with Gasteiger partial charge in [0.25, 0.3) is 0 Å². The average molecular weight is 338 g/mol. The van der Waals surface area contributed by atoms with E-state index in [1.54, 1.807) is 6.08 Å². The van der Waals surface area contributed by atoms with Gasteiger partial charge in [-0.15, -0.1) is 0 Å². The van der Waals surface area contributed by atoms with Gasteiger partial charge in [-0.3, -0.25) is 9.59 Å². The van der Waals surface area contributed by atoms with Gasteiger partial charge in [0.1, 0.15) is 17.2 Å². The van der Waals surface area contributed by atoms with Crippen LogP contribution in [0.1, 0.15) is 12.7 Å². The lowest BCUT2D eigenvalue weighted by Crippen LogP contribution is -2.10. The van der Waals surface area contributed by atoms with Crippen LogP contribution in [0.15, 0.2) is 59.0 Å². The van der Waals surface area contributed by atoms with Crippen LogP contribution in [0.25, 0.3) is 17.0 Å². The highest BCUT2D eigenvalue weighted by Gasteiger charge is 2.07. The Morgan fingerprint density at radius 1 is 1.08 bits per heavy atom. The third kappa shape index (κ3) is 4.11. The van der Waals surface area contributed by atoms with Crippen LogP contribution in [0, 0.1) is 5.82 Å². The van der Waals surface area contributed by atoms with Gasteiger partial charge in [-0.05, 0) is 36.4 Å². The number of hydrogen-bond donors (Lipinski definition) is 2. The predicted octanol–water partition coefficient (Wildman–Crippen LogP) is 4.18. The first-order valence-corrected chi connectivity index (χ1v) is 7.56. The zero-order valence-electron chi connectivity index (χ0n) is 13.4. The summed E-state index contributed by atoms with van der Waals surface area (Å²) in [5.41, 5.74) is 1.11. The van der Waals surface area contributed by atoms with Gasteiger partial charge in [0.05, 0.1) is 5.69 Å². The normalized spacial score (nSPS) is 11.0. The van der Waals surface area contributed by atoms with Gasteiger partial charge in [-0.1, -0.05) is 18.2 Å². The summed E-state index contributed by atoms with van der Waals surface area (Å²) in [5.74, 6) is -0.826. The Morgan fingerprint density at radius 3 is 2.64 bits per heavy atom. The van der Waals surface area contributed by atoms with E-state index in [4.69, 9.17) is 4.42 Å². The summed E-state index contributed by atoms with van der Waals surface area (Å²) in [5, 5.41) is 5.91. The first-order valence-electron chi connectivity index (χ1n) is 7.56. The molecule has 1 aromatic heterocycles. The minimum absolute atomic E-state index is 0.00608. The number of hydrogen-bond acceptors (Lipinski definition) is 3. The molecule has 0 saturated heterocycles. The Kier molecular flexibility index (Phi) is 4.61. The lowest BCUT2D eigenvalue weighted by molar-refractivity contribution is -0.114. The molecule has 0 aliphatic carbocycles. The van der Waals surface area contributed by atoms with Gasteiger partial charge in [-0.25, -0.2) is 4.39 Å². The van der Waals surface area contributed by atoms with Gasteiger partial charge in [0.15, 0.2) is 0 Å². The third-order valence-electron chi connectivity index (χ3n) is 3.39. The Hall–Kier alpha value is -3.41. The fourth-order valence-electron chi connectivity index (χ4n) is 2.31. The zero-order chi connectivity index (χ0) is 17.8. The molecule has 2 aromatic carbocycles. The minimum Gasteiger partial charge on any atom is -0.457 e. The second-order valence-corrected chi connectivity index (χ2v) is 5.38. The number of para-hydroxylation sites is 1. The number of amides is 2. The summed E-state index contributed by atoms with van der Waals surface area (Å²) < 4.78 is 19.2. The highest BCUT2D eigenvalue weighted by atomic mass is 19.1. The summed E-state index contributed by atoms with van der Waals surface area (Å²) >= 11 is 0. The van der Waals surface area contributed by atoms with Crippen LogP contribution < -0.4 is 10.6 Å². The summed E-state index contributed by atoms with van der Waals surface area (Å²) in [6.07, 6.45) is 2.87. The molecule has 0 aliphatic heterocycles. The molecule has 6 heteroatoms. The van der Waals surface area contributed by atoms with E-state index in [1.807, 2.05) is 30.3 Å². The second kappa shape index (κ2) is 7.00. The topological polar surface area (TPSA) is 71.3 Å². The number of anilines is 2. The highest BCUT2D eigenvalue weighted by molar-refractivity contribution is 6.02. The monoisotopic (exact) mass is 338 g/mol. The fourth-order valence-corrected chi connectivity index (χ4v) is 2.31. The molecule has 126 valence electrons. The van der Waals surface area contributed by atoms with Crippen molar-refractivity contribution in [1.82, 2.24) is 0 Å². The molecule has 2 N–H and O–H groups in total. The standard InChI is InChI=1S/C19H15FN2O3/c1-12(23)21-17-11-14(6-8-16(17)20)22-19(24)9-7-15-10-13-4-2-3-5-18(13)25-15/h2-11H,1H3,(H,21,23)(H,22,24)/b9-7+. The summed E-state index contributed by atoms with van der Waals surface area (Å²) in [6, 6.07) is 13.3. The maximum Gasteiger partial charge on any atom is 0.248 e. The van der Waals surface area contributed by atoms with Crippen molar-refractivity contribution in [2.24, 2.45) is 0 Å². The van der Waals surface area contributed by atoms with Gasteiger partial charge in [0.2, 0.25) is 11.8 Å². The van der Waals surface area contributed by atoms with E-state index < -0.39 is 17.6 Å². The lowest BCUT2D eigenvalue weighted by Gasteiger charge is -2.07. The van der Waals surface area contributed by atoms with E-state index >= 15 is 0 Å². The van der Waals surface area contributed by atoms with Crippen molar-refractivity contribution in [2.45, 2.75) is 6.92 Å². The zero-order valence-corrected chi connectivity index (χ0v) is 13.4. The summed E-state index contributed by atoms with van der Waals surface area (Å²) in [6.45, 7) is 1.28. The van der Waals surface area contributed by atoms with Crippen molar-refractivity contribution in [3.63, 3.8) is 0 Å². The SMILES string of the molecule is CC(=O)Nc1cc(NC(=O)/C=C/c2cc3ccccc3o2)ccc1F. The molecule has 0 fully saturated rings. The van der Waals surface area contributed by atoms with Crippen molar-refractivity contribution in [3.8, 4) is 0 Å². The van der Waals surface area contributed by atoms with Crippen LogP contribution in [0.4, 0.5) is 15.8 Å². The molecule has 0 saturated carbocycles. The average Bonchev–Trinajstić information content (AvgIpc) is 2.98. The molecule has 3 rings (SSSR count). The number of rotatable bonds is 4. The quantitative estimate of drug-likeness (QED) is 0.701. The number of fused-ring (bicyclic) bond motifs is 1. The highest BCUT2D eigenvalue weighted by Crippen LogP contribution is 2.21. The molecule has 1 heterocycles. The maximum absolute atomic E-state index is 13.6. The Bertz CT molecular complexity index is 943. The Morgan fingerprint density at radius 2 is 1.88 bits per heavy atom. The van der Waals surface area contributed by atoms with Crippen molar-refractivity contribution in [3.05, 3.63) is 66.2 Å². The molecule has 0 unspecified atom stereocenters. The van der Waals surface area contributed by atoms with Gasteiger partial charge in [-0.2, -0.15) is 0 Å². The molecule has 0 spiro atoms. The van der Waals surface area contributed by atoms with E-state index in [-0.39, 0.29) is 5.69 Å². The number of benzene rings is 2. The predicted molar refractivity (Wildman–Crippen MR) is 94.6 cm³/mol. The molecule has 25 heavy (non-hydrogen) atoms. The van der Waals surface area contributed by atoms with Crippen molar-refractivity contribution in [1.29, 1.82) is 0 Å². The molecule has 2 amide bonds. The van der Waals surface area contributed by atoms with E-state index in [0.717, 1.165) is 11.0 Å². The van der Waals surface area contributed by atoms with Crippen molar-refractivity contribution >= 4 is 40.2 Å². The van der Waals surface area contributed by atoms with Crippen LogP contribution in [0.5, 0.6) is 0 Å². The summed E-state index contributed by atoms with van der Waals surface area (Å²) in [7, 11) is 0. The molecular weight excluding hydrogens is 323 g/mol. The van der Waals surface area contributed by atoms with Gasteiger partial charge >= 0.3 is 0 Å². The summed E-state index contributed by atoms with van der Waals surface area (Å²) in [4.78, 5) is 23.0. The smallest absolute Gasteiger partial charge is 0.248 e. The van der Waals surface area contributed by atoms with Crippen LogP contribution >= 0.6 is 0 Å². The second-order valence-electron chi connectivity index (χ2n) is 5.38. The minimum atomic E-state index is -0.578. The largest absolute Gasteiger partial charge is 0.457 e. The van der Waals surface area contributed by atoms with Crippen molar-refractivity contribution < 1.29 is 18.4 Å². The number of nitrogens with one attached hydrogen (secondary N) is 2. The van der Waals surface area contributed by atoms with Crippen LogP contribution in [-0.2, 0) is 9.59 Å². The molecule has 0 radical (unpaired) electrons. The molecule has 0 aliphatic rings. The van der Waals surface area contributed by atoms with E-state index in [0.29, 0.717) is 11.4 Å². The molecule has 0 bridgehead atoms. The first-order chi connectivity index (χ1) is 12.0. The van der Waals surface area contributed by atoms with E-state index in [1.165, 1.54) is 31.2 Å². The Labute approximate surface area is 143 Å². The number of carbonyl (C=O) groups excluding carboxylic acids is 2. The van der Waals surface area contributed by atoms with Gasteiger partial charge < -0.3 is 15.1 Å². The number of halogens is 1. The number of furan rings is 1.